The Morgan fingerprint density at radius 2 is 1.80 bits per heavy atom. The smallest absolute Gasteiger partial charge is 0.138 e. The first-order chi connectivity index (χ1) is 9.86. The first-order valence-electron chi connectivity index (χ1n) is 6.47. The number of aromatic nitrogens is 1. The van der Waals surface area contributed by atoms with Crippen molar-refractivity contribution in [3.8, 4) is 5.75 Å². The molecule has 0 fully saturated rings. The molecule has 0 saturated carbocycles. The van der Waals surface area contributed by atoms with Gasteiger partial charge in [-0.15, -0.1) is 0 Å². The van der Waals surface area contributed by atoms with Crippen molar-refractivity contribution in [3.63, 3.8) is 0 Å². The van der Waals surface area contributed by atoms with Crippen LogP contribution in [-0.4, -0.2) is 4.98 Å². The van der Waals surface area contributed by atoms with Crippen LogP contribution in [0.3, 0.4) is 0 Å². The van der Waals surface area contributed by atoms with Crippen molar-refractivity contribution in [1.82, 2.24) is 4.98 Å². The van der Waals surface area contributed by atoms with Gasteiger partial charge in [-0.25, -0.2) is 0 Å². The van der Waals surface area contributed by atoms with Gasteiger partial charge < -0.3 is 4.74 Å². The van der Waals surface area contributed by atoms with Crippen LogP contribution in [0, 0.1) is 0 Å². The molecule has 0 bridgehead atoms. The molecule has 20 heavy (non-hydrogen) atoms. The number of hydrogen-bond donors (Lipinski definition) is 0. The second-order valence-electron chi connectivity index (χ2n) is 4.55. The SMILES string of the molecule is BrCc1ccc(OCc2cccc3ccccc23)cn1. The molecule has 0 aliphatic heterocycles. The Kier molecular flexibility index (Phi) is 3.97. The maximum Gasteiger partial charge on any atom is 0.138 e. The van der Waals surface area contributed by atoms with E-state index in [1.54, 1.807) is 6.20 Å². The summed E-state index contributed by atoms with van der Waals surface area (Å²) in [6.07, 6.45) is 1.77. The number of rotatable bonds is 4. The van der Waals surface area contributed by atoms with Gasteiger partial charge in [-0.2, -0.15) is 0 Å². The van der Waals surface area contributed by atoms with E-state index in [9.17, 15) is 0 Å². The number of ether oxygens (including phenoxy) is 1. The molecule has 0 amide bonds. The summed E-state index contributed by atoms with van der Waals surface area (Å²) in [6.45, 7) is 0.552. The van der Waals surface area contributed by atoms with E-state index in [0.717, 1.165) is 16.8 Å². The molecule has 3 heteroatoms. The van der Waals surface area contributed by atoms with Gasteiger partial charge in [0.15, 0.2) is 0 Å². The Morgan fingerprint density at radius 3 is 2.60 bits per heavy atom. The molecule has 0 aliphatic carbocycles. The average molecular weight is 328 g/mol. The molecule has 0 saturated heterocycles. The lowest BCUT2D eigenvalue weighted by Crippen LogP contribution is -1.97. The highest BCUT2D eigenvalue weighted by Gasteiger charge is 2.02. The molecule has 0 N–H and O–H groups in total. The molecule has 0 atom stereocenters. The lowest BCUT2D eigenvalue weighted by atomic mass is 10.1. The second-order valence-corrected chi connectivity index (χ2v) is 5.11. The fraction of sp³-hybridized carbons (Fsp3) is 0.118. The van der Waals surface area contributed by atoms with Gasteiger partial charge in [0.1, 0.15) is 12.4 Å². The predicted molar refractivity (Wildman–Crippen MR) is 85.1 cm³/mol. The first kappa shape index (κ1) is 13.1. The number of alkyl halides is 1. The minimum absolute atomic E-state index is 0.552. The van der Waals surface area contributed by atoms with Crippen molar-refractivity contribution in [1.29, 1.82) is 0 Å². The monoisotopic (exact) mass is 327 g/mol. The average Bonchev–Trinajstić information content (AvgIpc) is 2.53. The number of benzene rings is 2. The standard InChI is InChI=1S/C17H14BrNO/c18-10-15-8-9-16(11-19-15)20-12-14-6-3-5-13-4-1-2-7-17(13)14/h1-9,11H,10,12H2. The highest BCUT2D eigenvalue weighted by molar-refractivity contribution is 9.08. The van der Waals surface area contributed by atoms with E-state index in [2.05, 4.69) is 63.4 Å². The molecule has 3 aromatic rings. The van der Waals surface area contributed by atoms with Crippen molar-refractivity contribution in [3.05, 3.63) is 72.1 Å². The van der Waals surface area contributed by atoms with Gasteiger partial charge >= 0.3 is 0 Å². The van der Waals surface area contributed by atoms with Gasteiger partial charge in [0.25, 0.3) is 0 Å². The van der Waals surface area contributed by atoms with Crippen LogP contribution in [0.2, 0.25) is 0 Å². The molecule has 0 radical (unpaired) electrons. The maximum atomic E-state index is 5.82. The van der Waals surface area contributed by atoms with Crippen molar-refractivity contribution < 1.29 is 4.74 Å². The molecule has 100 valence electrons. The van der Waals surface area contributed by atoms with Gasteiger partial charge in [-0.05, 0) is 28.5 Å². The Balaban J connectivity index is 1.79. The summed E-state index contributed by atoms with van der Waals surface area (Å²) in [6, 6.07) is 18.5. The number of fused-ring (bicyclic) bond motifs is 1. The Morgan fingerprint density at radius 1 is 0.950 bits per heavy atom. The highest BCUT2D eigenvalue weighted by Crippen LogP contribution is 2.20. The number of nitrogens with zero attached hydrogens (tertiary/aromatic N) is 1. The van der Waals surface area contributed by atoms with Gasteiger partial charge in [0.05, 0.1) is 11.9 Å². The Hall–Kier alpha value is -1.87. The lowest BCUT2D eigenvalue weighted by molar-refractivity contribution is 0.306. The largest absolute Gasteiger partial charge is 0.487 e. The van der Waals surface area contributed by atoms with Gasteiger partial charge in [-0.1, -0.05) is 58.4 Å². The van der Waals surface area contributed by atoms with Gasteiger partial charge in [0, 0.05) is 5.33 Å². The molecule has 0 aliphatic rings. The molecule has 1 heterocycles. The summed E-state index contributed by atoms with van der Waals surface area (Å²) in [7, 11) is 0. The molecule has 2 aromatic carbocycles. The third kappa shape index (κ3) is 2.83. The van der Waals surface area contributed by atoms with E-state index in [-0.39, 0.29) is 0 Å². The second kappa shape index (κ2) is 6.06. The van der Waals surface area contributed by atoms with E-state index in [1.165, 1.54) is 16.3 Å². The topological polar surface area (TPSA) is 22.1 Å². The molecule has 0 spiro atoms. The summed E-state index contributed by atoms with van der Waals surface area (Å²) in [5.74, 6) is 0.794. The summed E-state index contributed by atoms with van der Waals surface area (Å²) in [5, 5.41) is 3.23. The molecule has 2 nitrogen and oxygen atoms in total. The molecule has 0 unspecified atom stereocenters. The van der Waals surface area contributed by atoms with Crippen molar-refractivity contribution in [2.24, 2.45) is 0 Å². The first-order valence-corrected chi connectivity index (χ1v) is 7.59. The van der Waals surface area contributed by atoms with Crippen LogP contribution in [0.1, 0.15) is 11.3 Å². The summed E-state index contributed by atoms with van der Waals surface area (Å²) >= 11 is 3.38. The summed E-state index contributed by atoms with van der Waals surface area (Å²) in [4.78, 5) is 4.30. The van der Waals surface area contributed by atoms with Crippen molar-refractivity contribution >= 4 is 26.7 Å². The minimum Gasteiger partial charge on any atom is -0.487 e. The van der Waals surface area contributed by atoms with E-state index in [0.29, 0.717) is 6.61 Å². The lowest BCUT2D eigenvalue weighted by Gasteiger charge is -2.09. The van der Waals surface area contributed by atoms with Crippen LogP contribution in [0.4, 0.5) is 0 Å². The number of halogens is 1. The fourth-order valence-electron chi connectivity index (χ4n) is 2.15. The van der Waals surface area contributed by atoms with E-state index >= 15 is 0 Å². The highest BCUT2D eigenvalue weighted by atomic mass is 79.9. The van der Waals surface area contributed by atoms with Crippen molar-refractivity contribution in [2.45, 2.75) is 11.9 Å². The van der Waals surface area contributed by atoms with Crippen LogP contribution in [0.15, 0.2) is 60.8 Å². The zero-order valence-corrected chi connectivity index (χ0v) is 12.5. The maximum absolute atomic E-state index is 5.82. The molecular formula is C17H14BrNO. The van der Waals surface area contributed by atoms with E-state index in [1.807, 2.05) is 12.1 Å². The third-order valence-corrected chi connectivity index (χ3v) is 3.78. The van der Waals surface area contributed by atoms with Crippen LogP contribution in [0.5, 0.6) is 5.75 Å². The third-order valence-electron chi connectivity index (χ3n) is 3.21. The van der Waals surface area contributed by atoms with Gasteiger partial charge in [0.2, 0.25) is 0 Å². The quantitative estimate of drug-likeness (QED) is 0.647. The number of hydrogen-bond acceptors (Lipinski definition) is 2. The zero-order valence-electron chi connectivity index (χ0n) is 10.9. The van der Waals surface area contributed by atoms with Crippen LogP contribution in [0.25, 0.3) is 10.8 Å². The van der Waals surface area contributed by atoms with Crippen molar-refractivity contribution in [2.75, 3.05) is 0 Å². The minimum atomic E-state index is 0.552. The number of pyridine rings is 1. The Labute approximate surface area is 126 Å². The van der Waals surface area contributed by atoms with Crippen LogP contribution < -0.4 is 4.74 Å². The summed E-state index contributed by atoms with van der Waals surface area (Å²) in [5.41, 5.74) is 2.19. The fourth-order valence-corrected chi connectivity index (χ4v) is 2.49. The normalized spacial score (nSPS) is 10.7. The predicted octanol–water partition coefficient (Wildman–Crippen LogP) is 4.71. The molecule has 1 aromatic heterocycles. The van der Waals surface area contributed by atoms with E-state index in [4.69, 9.17) is 4.74 Å². The van der Waals surface area contributed by atoms with Crippen LogP contribution >= 0.6 is 15.9 Å². The van der Waals surface area contributed by atoms with Gasteiger partial charge in [-0.3, -0.25) is 4.98 Å². The molecule has 3 rings (SSSR count). The zero-order chi connectivity index (χ0) is 13.8. The van der Waals surface area contributed by atoms with E-state index < -0.39 is 0 Å². The Bertz CT molecular complexity index is 704. The molecular weight excluding hydrogens is 314 g/mol. The summed E-state index contributed by atoms with van der Waals surface area (Å²) < 4.78 is 5.82. The van der Waals surface area contributed by atoms with Crippen LogP contribution in [-0.2, 0) is 11.9 Å².